The molecule has 0 bridgehead atoms. The van der Waals surface area contributed by atoms with E-state index in [1.807, 2.05) is 26.0 Å². The van der Waals surface area contributed by atoms with Crippen LogP contribution in [0.5, 0.6) is 0 Å². The van der Waals surface area contributed by atoms with Crippen LogP contribution in [0.1, 0.15) is 22.3 Å². The highest BCUT2D eigenvalue weighted by Gasteiger charge is 2.04. The monoisotopic (exact) mass is 284 g/mol. The van der Waals surface area contributed by atoms with Crippen molar-refractivity contribution in [3.8, 4) is 0 Å². The maximum absolute atomic E-state index is 10.7. The van der Waals surface area contributed by atoms with E-state index >= 15 is 0 Å². The number of nitro groups is 1. The first-order chi connectivity index (χ1) is 10.1. The van der Waals surface area contributed by atoms with Crippen LogP contribution in [0.2, 0.25) is 0 Å². The SMILES string of the molecule is Cc1ccc(C)c(CO/N=C/c2cccc([N+](=O)[O-])c2)c1. The molecule has 0 radical (unpaired) electrons. The van der Waals surface area contributed by atoms with Gasteiger partial charge >= 0.3 is 0 Å². The van der Waals surface area contributed by atoms with E-state index in [4.69, 9.17) is 4.84 Å². The van der Waals surface area contributed by atoms with Crippen molar-refractivity contribution in [3.63, 3.8) is 0 Å². The molecule has 0 aliphatic rings. The number of hydrogen-bond acceptors (Lipinski definition) is 4. The zero-order valence-electron chi connectivity index (χ0n) is 11.9. The maximum Gasteiger partial charge on any atom is 0.270 e. The lowest BCUT2D eigenvalue weighted by Gasteiger charge is -2.05. The Morgan fingerprint density at radius 2 is 2.05 bits per heavy atom. The number of benzene rings is 2. The van der Waals surface area contributed by atoms with E-state index in [1.54, 1.807) is 12.1 Å². The summed E-state index contributed by atoms with van der Waals surface area (Å²) in [6.45, 7) is 4.41. The third-order valence-corrected chi connectivity index (χ3v) is 3.08. The lowest BCUT2D eigenvalue weighted by atomic mass is 10.1. The highest BCUT2D eigenvalue weighted by molar-refractivity contribution is 5.80. The van der Waals surface area contributed by atoms with E-state index in [2.05, 4.69) is 11.2 Å². The highest BCUT2D eigenvalue weighted by Crippen LogP contribution is 2.13. The molecule has 0 spiro atoms. The molecule has 5 heteroatoms. The van der Waals surface area contributed by atoms with Gasteiger partial charge in [-0.1, -0.05) is 41.1 Å². The van der Waals surface area contributed by atoms with Crippen molar-refractivity contribution in [2.24, 2.45) is 5.16 Å². The molecule has 0 saturated carbocycles. The van der Waals surface area contributed by atoms with Crippen LogP contribution in [0.3, 0.4) is 0 Å². The van der Waals surface area contributed by atoms with Gasteiger partial charge in [-0.2, -0.15) is 0 Å². The summed E-state index contributed by atoms with van der Waals surface area (Å²) in [6, 6.07) is 12.4. The normalized spacial score (nSPS) is 10.8. The molecular formula is C16H16N2O3. The van der Waals surface area contributed by atoms with Crippen molar-refractivity contribution in [2.45, 2.75) is 20.5 Å². The van der Waals surface area contributed by atoms with Gasteiger partial charge in [-0.15, -0.1) is 0 Å². The van der Waals surface area contributed by atoms with Crippen LogP contribution >= 0.6 is 0 Å². The Hall–Kier alpha value is -2.69. The summed E-state index contributed by atoms with van der Waals surface area (Å²) in [4.78, 5) is 15.5. The van der Waals surface area contributed by atoms with Crippen LogP contribution in [-0.2, 0) is 11.4 Å². The van der Waals surface area contributed by atoms with E-state index in [0.29, 0.717) is 12.2 Å². The largest absolute Gasteiger partial charge is 0.391 e. The van der Waals surface area contributed by atoms with Crippen LogP contribution < -0.4 is 0 Å². The second-order valence-corrected chi connectivity index (χ2v) is 4.79. The molecule has 0 amide bonds. The first kappa shape index (κ1) is 14.7. The van der Waals surface area contributed by atoms with Crippen molar-refractivity contribution in [3.05, 3.63) is 74.8 Å². The number of oxime groups is 1. The third kappa shape index (κ3) is 4.14. The molecule has 0 aliphatic heterocycles. The topological polar surface area (TPSA) is 64.7 Å². The summed E-state index contributed by atoms with van der Waals surface area (Å²) in [5.74, 6) is 0. The molecule has 0 fully saturated rings. The van der Waals surface area contributed by atoms with Gasteiger partial charge in [-0.05, 0) is 25.0 Å². The Morgan fingerprint density at radius 1 is 1.24 bits per heavy atom. The van der Waals surface area contributed by atoms with Gasteiger partial charge in [-0.25, -0.2) is 0 Å². The van der Waals surface area contributed by atoms with Gasteiger partial charge in [0.2, 0.25) is 0 Å². The fourth-order valence-corrected chi connectivity index (χ4v) is 1.88. The van der Waals surface area contributed by atoms with Gasteiger partial charge in [0.1, 0.15) is 6.61 Å². The van der Waals surface area contributed by atoms with Crippen molar-refractivity contribution in [1.82, 2.24) is 0 Å². The molecule has 108 valence electrons. The number of nitrogens with zero attached hydrogens (tertiary/aromatic N) is 2. The fraction of sp³-hybridized carbons (Fsp3) is 0.188. The highest BCUT2D eigenvalue weighted by atomic mass is 16.6. The third-order valence-electron chi connectivity index (χ3n) is 3.08. The Bertz CT molecular complexity index is 681. The zero-order chi connectivity index (χ0) is 15.2. The summed E-state index contributed by atoms with van der Waals surface area (Å²) < 4.78 is 0. The first-order valence-corrected chi connectivity index (χ1v) is 6.52. The van der Waals surface area contributed by atoms with E-state index in [0.717, 1.165) is 11.1 Å². The van der Waals surface area contributed by atoms with Gasteiger partial charge in [0.15, 0.2) is 0 Å². The average molecular weight is 284 g/mol. The molecule has 0 atom stereocenters. The fourth-order valence-electron chi connectivity index (χ4n) is 1.88. The first-order valence-electron chi connectivity index (χ1n) is 6.52. The summed E-state index contributed by atoms with van der Waals surface area (Å²) in [7, 11) is 0. The van der Waals surface area contributed by atoms with E-state index in [-0.39, 0.29) is 5.69 Å². The van der Waals surface area contributed by atoms with Crippen molar-refractivity contribution in [2.75, 3.05) is 0 Å². The maximum atomic E-state index is 10.7. The van der Waals surface area contributed by atoms with Gasteiger partial charge in [0.05, 0.1) is 11.1 Å². The minimum Gasteiger partial charge on any atom is -0.391 e. The minimum absolute atomic E-state index is 0.0356. The quantitative estimate of drug-likeness (QED) is 0.477. The summed E-state index contributed by atoms with van der Waals surface area (Å²) in [5, 5.41) is 14.5. The van der Waals surface area contributed by atoms with E-state index < -0.39 is 4.92 Å². The minimum atomic E-state index is -0.436. The number of non-ortho nitro benzene ring substituents is 1. The predicted octanol–water partition coefficient (Wildman–Crippen LogP) is 3.76. The molecule has 21 heavy (non-hydrogen) atoms. The lowest BCUT2D eigenvalue weighted by molar-refractivity contribution is -0.384. The summed E-state index contributed by atoms with van der Waals surface area (Å²) in [5.41, 5.74) is 4.05. The summed E-state index contributed by atoms with van der Waals surface area (Å²) >= 11 is 0. The second kappa shape index (κ2) is 6.65. The molecule has 2 aromatic carbocycles. The number of hydrogen-bond donors (Lipinski definition) is 0. The number of nitro benzene ring substituents is 1. The lowest BCUT2D eigenvalue weighted by Crippen LogP contribution is -1.93. The molecule has 5 nitrogen and oxygen atoms in total. The molecule has 0 N–H and O–H groups in total. The van der Waals surface area contributed by atoms with Crippen molar-refractivity contribution in [1.29, 1.82) is 0 Å². The Kier molecular flexibility index (Phi) is 4.66. The smallest absolute Gasteiger partial charge is 0.270 e. The standard InChI is InChI=1S/C16H16N2O3/c1-12-6-7-13(2)15(8-12)11-21-17-10-14-4-3-5-16(9-14)18(19)20/h3-10H,11H2,1-2H3/b17-10+. The molecule has 0 saturated heterocycles. The Morgan fingerprint density at radius 3 is 2.81 bits per heavy atom. The zero-order valence-corrected chi connectivity index (χ0v) is 11.9. The van der Waals surface area contributed by atoms with Gasteiger partial charge in [0.25, 0.3) is 5.69 Å². The van der Waals surface area contributed by atoms with Crippen LogP contribution in [-0.4, -0.2) is 11.1 Å². The van der Waals surface area contributed by atoms with Crippen LogP contribution in [0.25, 0.3) is 0 Å². The van der Waals surface area contributed by atoms with Gasteiger partial charge in [-0.3, -0.25) is 10.1 Å². The van der Waals surface area contributed by atoms with Gasteiger partial charge in [0, 0.05) is 17.7 Å². The Labute approximate surface area is 123 Å². The molecular weight excluding hydrogens is 268 g/mol. The van der Waals surface area contributed by atoms with E-state index in [1.165, 1.54) is 23.9 Å². The van der Waals surface area contributed by atoms with Gasteiger partial charge < -0.3 is 4.84 Å². The van der Waals surface area contributed by atoms with Crippen LogP contribution in [0.15, 0.2) is 47.6 Å². The number of aryl methyl sites for hydroxylation is 2. The van der Waals surface area contributed by atoms with Crippen molar-refractivity contribution < 1.29 is 9.76 Å². The molecule has 2 rings (SSSR count). The van der Waals surface area contributed by atoms with E-state index in [9.17, 15) is 10.1 Å². The molecule has 0 heterocycles. The molecule has 0 aromatic heterocycles. The van der Waals surface area contributed by atoms with Crippen molar-refractivity contribution >= 4 is 11.9 Å². The Balaban J connectivity index is 1.98. The predicted molar refractivity (Wildman–Crippen MR) is 81.4 cm³/mol. The molecule has 0 unspecified atom stereocenters. The number of rotatable bonds is 5. The summed E-state index contributed by atoms with van der Waals surface area (Å²) in [6.07, 6.45) is 1.47. The second-order valence-electron chi connectivity index (χ2n) is 4.79. The molecule has 0 aliphatic carbocycles. The van der Waals surface area contributed by atoms with Crippen LogP contribution in [0, 0.1) is 24.0 Å². The molecule has 2 aromatic rings. The average Bonchev–Trinajstić information content (AvgIpc) is 2.47. The van der Waals surface area contributed by atoms with Crippen LogP contribution in [0.4, 0.5) is 5.69 Å².